The van der Waals surface area contributed by atoms with Crippen LogP contribution in [0.15, 0.2) is 59.5 Å². The highest BCUT2D eigenvalue weighted by molar-refractivity contribution is 7.98. The zero-order valence-electron chi connectivity index (χ0n) is 12.8. The van der Waals surface area contributed by atoms with Gasteiger partial charge in [-0.25, -0.2) is 9.97 Å². The number of aromatic nitrogens is 3. The van der Waals surface area contributed by atoms with E-state index in [4.69, 9.17) is 11.5 Å². The van der Waals surface area contributed by atoms with Crippen LogP contribution < -0.4 is 11.5 Å². The van der Waals surface area contributed by atoms with E-state index in [1.165, 1.54) is 15.7 Å². The Hall–Kier alpha value is -2.86. The molecule has 6 heteroatoms. The predicted octanol–water partition coefficient (Wildman–Crippen LogP) is 3.63. The van der Waals surface area contributed by atoms with Crippen molar-refractivity contribution >= 4 is 45.3 Å². The van der Waals surface area contributed by atoms with Crippen LogP contribution in [0.2, 0.25) is 0 Å². The molecular formula is C18H15N5S. The van der Waals surface area contributed by atoms with Gasteiger partial charge in [-0.1, -0.05) is 36.4 Å². The number of benzene rings is 2. The van der Waals surface area contributed by atoms with Crippen molar-refractivity contribution in [1.82, 2.24) is 15.0 Å². The Morgan fingerprint density at radius 2 is 1.67 bits per heavy atom. The Balaban J connectivity index is 1.65. The Morgan fingerprint density at radius 1 is 0.833 bits per heavy atom. The first kappa shape index (κ1) is 14.7. The van der Waals surface area contributed by atoms with Crippen molar-refractivity contribution in [3.8, 4) is 0 Å². The minimum absolute atomic E-state index is 0.166. The lowest BCUT2D eigenvalue weighted by Gasteiger charge is -2.07. The summed E-state index contributed by atoms with van der Waals surface area (Å²) in [5.74, 6) is 1.22. The van der Waals surface area contributed by atoms with E-state index in [0.29, 0.717) is 16.9 Å². The number of thioether (sulfide) groups is 1. The molecule has 0 saturated carbocycles. The summed E-state index contributed by atoms with van der Waals surface area (Å²) < 4.78 is 0. The van der Waals surface area contributed by atoms with Gasteiger partial charge >= 0.3 is 0 Å². The molecule has 0 bridgehead atoms. The molecule has 4 N–H and O–H groups in total. The Bertz CT molecular complexity index is 1040. The van der Waals surface area contributed by atoms with Crippen molar-refractivity contribution in [2.24, 2.45) is 0 Å². The molecule has 2 aromatic heterocycles. The molecular weight excluding hydrogens is 318 g/mol. The van der Waals surface area contributed by atoms with Crippen LogP contribution in [0.4, 0.5) is 11.8 Å². The third-order valence-electron chi connectivity index (χ3n) is 3.77. The second kappa shape index (κ2) is 5.98. The summed E-state index contributed by atoms with van der Waals surface area (Å²) in [5, 5.41) is 2.49. The lowest BCUT2D eigenvalue weighted by Crippen LogP contribution is -2.02. The highest BCUT2D eigenvalue weighted by atomic mass is 32.2. The summed E-state index contributed by atoms with van der Waals surface area (Å²) in [4.78, 5) is 13.9. The first-order valence-electron chi connectivity index (χ1n) is 7.50. The maximum atomic E-state index is 5.91. The lowest BCUT2D eigenvalue weighted by molar-refractivity contribution is 1.17. The summed E-state index contributed by atoms with van der Waals surface area (Å²) in [5.41, 5.74) is 13.7. The van der Waals surface area contributed by atoms with Gasteiger partial charge in [0.2, 0.25) is 5.95 Å². The van der Waals surface area contributed by atoms with E-state index in [1.807, 2.05) is 12.1 Å². The first-order chi connectivity index (χ1) is 11.7. The average Bonchev–Trinajstić information content (AvgIpc) is 2.60. The van der Waals surface area contributed by atoms with Gasteiger partial charge in [-0.2, -0.15) is 4.98 Å². The number of nitrogen functional groups attached to an aromatic ring is 2. The number of pyridine rings is 1. The third kappa shape index (κ3) is 2.72. The van der Waals surface area contributed by atoms with Crippen molar-refractivity contribution in [3.63, 3.8) is 0 Å². The average molecular weight is 333 g/mol. The Kier molecular flexibility index (Phi) is 3.66. The Labute approximate surface area is 143 Å². The van der Waals surface area contributed by atoms with Crippen molar-refractivity contribution in [1.29, 1.82) is 0 Å². The van der Waals surface area contributed by atoms with Crippen molar-refractivity contribution < 1.29 is 0 Å². The first-order valence-corrected chi connectivity index (χ1v) is 8.48. The second-order valence-electron chi connectivity index (χ2n) is 5.40. The molecule has 24 heavy (non-hydrogen) atoms. The smallest absolute Gasteiger partial charge is 0.222 e. The van der Waals surface area contributed by atoms with E-state index in [0.717, 1.165) is 11.4 Å². The van der Waals surface area contributed by atoms with E-state index < -0.39 is 0 Å². The van der Waals surface area contributed by atoms with E-state index in [9.17, 15) is 0 Å². The molecule has 0 unspecified atom stereocenters. The van der Waals surface area contributed by atoms with E-state index in [2.05, 4.69) is 57.4 Å². The molecule has 4 aromatic rings. The van der Waals surface area contributed by atoms with Gasteiger partial charge in [-0.05, 0) is 29.0 Å². The molecule has 2 heterocycles. The van der Waals surface area contributed by atoms with Crippen molar-refractivity contribution in [3.05, 3.63) is 60.3 Å². The van der Waals surface area contributed by atoms with Gasteiger partial charge in [0, 0.05) is 10.6 Å². The van der Waals surface area contributed by atoms with Gasteiger partial charge in [-0.15, -0.1) is 11.8 Å². The molecule has 0 aliphatic rings. The fourth-order valence-corrected chi connectivity index (χ4v) is 3.63. The van der Waals surface area contributed by atoms with Crippen LogP contribution in [-0.4, -0.2) is 15.0 Å². The number of nitrogens with two attached hydrogens (primary N) is 2. The van der Waals surface area contributed by atoms with E-state index in [1.54, 1.807) is 11.8 Å². The highest BCUT2D eigenvalue weighted by Gasteiger charge is 2.07. The molecule has 0 amide bonds. The summed E-state index contributed by atoms with van der Waals surface area (Å²) in [7, 11) is 0. The lowest BCUT2D eigenvalue weighted by atomic mass is 10.1. The minimum Gasteiger partial charge on any atom is -0.382 e. The van der Waals surface area contributed by atoms with Crippen LogP contribution in [0.25, 0.3) is 21.8 Å². The van der Waals surface area contributed by atoms with Gasteiger partial charge in [0.25, 0.3) is 0 Å². The maximum absolute atomic E-state index is 5.91. The molecule has 0 aliphatic carbocycles. The molecule has 0 saturated heterocycles. The summed E-state index contributed by atoms with van der Waals surface area (Å²) in [6, 6.07) is 18.5. The standard InChI is InChI=1S/C18H15N5S/c19-17-16-14(22-18(20)23-17)9-8-12(21-16)10-24-15-7-3-5-11-4-1-2-6-13(11)15/h1-9H,10H2,(H4,19,20,22,23). The molecule has 5 nitrogen and oxygen atoms in total. The third-order valence-corrected chi connectivity index (χ3v) is 4.88. The fraction of sp³-hybridized carbons (Fsp3) is 0.0556. The van der Waals surface area contributed by atoms with Crippen LogP contribution in [0.3, 0.4) is 0 Å². The van der Waals surface area contributed by atoms with Gasteiger partial charge in [0.1, 0.15) is 5.52 Å². The summed E-state index contributed by atoms with van der Waals surface area (Å²) >= 11 is 1.75. The fourth-order valence-electron chi connectivity index (χ4n) is 2.65. The summed E-state index contributed by atoms with van der Waals surface area (Å²) in [6.45, 7) is 0. The highest BCUT2D eigenvalue weighted by Crippen LogP contribution is 2.30. The van der Waals surface area contributed by atoms with Crippen LogP contribution >= 0.6 is 11.8 Å². The molecule has 0 aliphatic heterocycles. The number of hydrogen-bond acceptors (Lipinski definition) is 6. The number of nitrogens with zero attached hydrogens (tertiary/aromatic N) is 3. The van der Waals surface area contributed by atoms with E-state index in [-0.39, 0.29) is 5.95 Å². The predicted molar refractivity (Wildman–Crippen MR) is 99.7 cm³/mol. The maximum Gasteiger partial charge on any atom is 0.222 e. The van der Waals surface area contributed by atoms with E-state index >= 15 is 0 Å². The monoisotopic (exact) mass is 333 g/mol. The largest absolute Gasteiger partial charge is 0.382 e. The van der Waals surface area contributed by atoms with Crippen molar-refractivity contribution in [2.45, 2.75) is 10.6 Å². The molecule has 118 valence electrons. The van der Waals surface area contributed by atoms with Gasteiger partial charge in [0.05, 0.1) is 11.2 Å². The molecule has 0 atom stereocenters. The van der Waals surface area contributed by atoms with Crippen LogP contribution in [-0.2, 0) is 5.75 Å². The molecule has 0 radical (unpaired) electrons. The number of fused-ring (bicyclic) bond motifs is 2. The topological polar surface area (TPSA) is 90.7 Å². The zero-order valence-corrected chi connectivity index (χ0v) is 13.6. The number of anilines is 2. The quantitative estimate of drug-likeness (QED) is 0.556. The SMILES string of the molecule is Nc1nc(N)c2nc(CSc3cccc4ccccc34)ccc2n1. The van der Waals surface area contributed by atoms with Gasteiger partial charge in [-0.3, -0.25) is 0 Å². The number of rotatable bonds is 3. The normalized spacial score (nSPS) is 11.2. The van der Waals surface area contributed by atoms with Crippen LogP contribution in [0.1, 0.15) is 5.69 Å². The van der Waals surface area contributed by atoms with Crippen molar-refractivity contribution in [2.75, 3.05) is 11.5 Å². The van der Waals surface area contributed by atoms with Gasteiger partial charge < -0.3 is 11.5 Å². The van der Waals surface area contributed by atoms with Gasteiger partial charge in [0.15, 0.2) is 5.82 Å². The van der Waals surface area contributed by atoms with Crippen LogP contribution in [0.5, 0.6) is 0 Å². The Morgan fingerprint density at radius 3 is 2.58 bits per heavy atom. The summed E-state index contributed by atoms with van der Waals surface area (Å²) in [6.07, 6.45) is 0. The molecule has 4 rings (SSSR count). The van der Waals surface area contributed by atoms with Crippen LogP contribution in [0, 0.1) is 0 Å². The second-order valence-corrected chi connectivity index (χ2v) is 6.42. The molecule has 0 spiro atoms. The number of hydrogen-bond donors (Lipinski definition) is 2. The zero-order chi connectivity index (χ0) is 16.5. The molecule has 0 fully saturated rings. The molecule has 2 aromatic carbocycles. The minimum atomic E-state index is 0.166.